The Bertz CT molecular complexity index is 504. The van der Waals surface area contributed by atoms with E-state index in [4.69, 9.17) is 11.6 Å². The molecule has 0 spiro atoms. The van der Waals surface area contributed by atoms with Gasteiger partial charge in [0.25, 0.3) is 0 Å². The zero-order valence-electron chi connectivity index (χ0n) is 9.33. The average Bonchev–Trinajstić information content (AvgIpc) is 2.86. The first-order valence-corrected chi connectivity index (χ1v) is 6.26. The lowest BCUT2D eigenvalue weighted by Crippen LogP contribution is -2.35. The van der Waals surface area contributed by atoms with E-state index in [1.807, 2.05) is 12.1 Å². The number of fused-ring (bicyclic) bond motifs is 1. The van der Waals surface area contributed by atoms with Crippen molar-refractivity contribution in [1.29, 1.82) is 0 Å². The highest BCUT2D eigenvalue weighted by molar-refractivity contribution is 6.18. The third-order valence-electron chi connectivity index (χ3n) is 3.21. The lowest BCUT2D eigenvalue weighted by Gasteiger charge is -2.31. The van der Waals surface area contributed by atoms with Crippen LogP contribution in [0.1, 0.15) is 12.8 Å². The number of hydrogen-bond donors (Lipinski definition) is 0. The van der Waals surface area contributed by atoms with Crippen LogP contribution in [-0.2, 0) is 0 Å². The quantitative estimate of drug-likeness (QED) is 0.746. The minimum Gasteiger partial charge on any atom is -0.355 e. The molecule has 2 aromatic heterocycles. The summed E-state index contributed by atoms with van der Waals surface area (Å²) in [6.45, 7) is 2.00. The van der Waals surface area contributed by atoms with Gasteiger partial charge in [0.1, 0.15) is 0 Å². The molecular weight excluding hydrogens is 240 g/mol. The fourth-order valence-electron chi connectivity index (χ4n) is 2.13. The molecule has 0 amide bonds. The van der Waals surface area contributed by atoms with Crippen LogP contribution in [-0.4, -0.2) is 44.2 Å². The molecule has 0 aromatic carbocycles. The summed E-state index contributed by atoms with van der Waals surface area (Å²) >= 11 is 5.87. The zero-order valence-corrected chi connectivity index (χ0v) is 10.1. The number of alkyl halides is 1. The first-order valence-electron chi connectivity index (χ1n) is 5.73. The molecule has 17 heavy (non-hydrogen) atoms. The van der Waals surface area contributed by atoms with E-state index in [0.717, 1.165) is 37.6 Å². The number of nitrogens with zero attached hydrogens (tertiary/aromatic N) is 6. The van der Waals surface area contributed by atoms with Crippen LogP contribution in [0, 0.1) is 5.92 Å². The SMILES string of the molecule is ClCC1CCN(c2ccc3nnnn3n2)CC1. The molecule has 0 bridgehead atoms. The highest BCUT2D eigenvalue weighted by Gasteiger charge is 2.19. The highest BCUT2D eigenvalue weighted by Crippen LogP contribution is 2.22. The van der Waals surface area contributed by atoms with Crippen LogP contribution in [0.25, 0.3) is 5.65 Å². The minimum atomic E-state index is 0.643. The number of rotatable bonds is 2. The normalized spacial score (nSPS) is 17.8. The first-order chi connectivity index (χ1) is 8.36. The van der Waals surface area contributed by atoms with E-state index in [9.17, 15) is 0 Å². The van der Waals surface area contributed by atoms with Crippen LogP contribution in [0.5, 0.6) is 0 Å². The lowest BCUT2D eigenvalue weighted by molar-refractivity contribution is 0.439. The van der Waals surface area contributed by atoms with Crippen molar-refractivity contribution >= 4 is 23.1 Å². The van der Waals surface area contributed by atoms with Crippen molar-refractivity contribution in [1.82, 2.24) is 25.3 Å². The number of piperidine rings is 1. The lowest BCUT2D eigenvalue weighted by atomic mass is 9.99. The van der Waals surface area contributed by atoms with Crippen LogP contribution in [0.15, 0.2) is 12.1 Å². The van der Waals surface area contributed by atoms with Gasteiger partial charge >= 0.3 is 0 Å². The predicted molar refractivity (Wildman–Crippen MR) is 64.2 cm³/mol. The topological polar surface area (TPSA) is 59.2 Å². The Balaban J connectivity index is 1.79. The van der Waals surface area contributed by atoms with Gasteiger partial charge in [0.2, 0.25) is 0 Å². The molecule has 0 atom stereocenters. The molecule has 0 aliphatic carbocycles. The average molecular weight is 253 g/mol. The van der Waals surface area contributed by atoms with Gasteiger partial charge in [0, 0.05) is 19.0 Å². The van der Waals surface area contributed by atoms with Gasteiger partial charge in [-0.3, -0.25) is 0 Å². The standard InChI is InChI=1S/C10H13ClN6/c11-7-8-3-5-16(6-4-8)10-2-1-9-12-14-15-17(9)13-10/h1-2,8H,3-7H2. The fraction of sp³-hybridized carbons (Fsp3) is 0.600. The molecule has 1 aliphatic rings. The molecule has 0 saturated carbocycles. The fourth-order valence-corrected chi connectivity index (χ4v) is 2.43. The van der Waals surface area contributed by atoms with Crippen molar-refractivity contribution in [3.63, 3.8) is 0 Å². The second-order valence-electron chi connectivity index (χ2n) is 4.30. The second-order valence-corrected chi connectivity index (χ2v) is 4.61. The molecule has 1 fully saturated rings. The summed E-state index contributed by atoms with van der Waals surface area (Å²) in [5.74, 6) is 2.33. The number of anilines is 1. The molecule has 0 unspecified atom stereocenters. The number of aromatic nitrogens is 5. The van der Waals surface area contributed by atoms with Gasteiger partial charge in [0.15, 0.2) is 11.5 Å². The number of hydrogen-bond acceptors (Lipinski definition) is 5. The first kappa shape index (κ1) is 10.7. The van der Waals surface area contributed by atoms with E-state index in [1.54, 1.807) is 0 Å². The van der Waals surface area contributed by atoms with Crippen LogP contribution < -0.4 is 4.90 Å². The Morgan fingerprint density at radius 2 is 2.12 bits per heavy atom. The monoisotopic (exact) mass is 252 g/mol. The Labute approximate surface area is 104 Å². The van der Waals surface area contributed by atoms with E-state index >= 15 is 0 Å². The van der Waals surface area contributed by atoms with Gasteiger partial charge in [-0.15, -0.1) is 26.4 Å². The molecule has 6 nitrogen and oxygen atoms in total. The van der Waals surface area contributed by atoms with E-state index in [1.165, 1.54) is 4.63 Å². The van der Waals surface area contributed by atoms with E-state index < -0.39 is 0 Å². The predicted octanol–water partition coefficient (Wildman–Crippen LogP) is 0.974. The third kappa shape index (κ3) is 2.04. The van der Waals surface area contributed by atoms with E-state index in [2.05, 4.69) is 25.5 Å². The Hall–Kier alpha value is -1.43. The molecule has 1 aliphatic heterocycles. The van der Waals surface area contributed by atoms with Crippen molar-refractivity contribution in [2.24, 2.45) is 5.92 Å². The molecule has 1 saturated heterocycles. The summed E-state index contributed by atoms with van der Waals surface area (Å²) in [5.41, 5.74) is 0.671. The van der Waals surface area contributed by atoms with Crippen LogP contribution in [0.4, 0.5) is 5.82 Å². The molecule has 2 aromatic rings. The van der Waals surface area contributed by atoms with Gasteiger partial charge < -0.3 is 4.90 Å². The zero-order chi connectivity index (χ0) is 11.7. The van der Waals surface area contributed by atoms with Crippen molar-refractivity contribution < 1.29 is 0 Å². The van der Waals surface area contributed by atoms with Crippen molar-refractivity contribution in [3.8, 4) is 0 Å². The summed E-state index contributed by atoms with van der Waals surface area (Å²) in [5, 5.41) is 15.6. The smallest absolute Gasteiger partial charge is 0.200 e. The Morgan fingerprint density at radius 1 is 1.29 bits per heavy atom. The summed E-state index contributed by atoms with van der Waals surface area (Å²) in [6.07, 6.45) is 2.25. The van der Waals surface area contributed by atoms with E-state index in [0.29, 0.717) is 11.6 Å². The summed E-state index contributed by atoms with van der Waals surface area (Å²) in [7, 11) is 0. The van der Waals surface area contributed by atoms with Gasteiger partial charge in [-0.1, -0.05) is 0 Å². The maximum atomic E-state index is 5.87. The van der Waals surface area contributed by atoms with Crippen molar-refractivity contribution in [2.45, 2.75) is 12.8 Å². The van der Waals surface area contributed by atoms with Crippen LogP contribution >= 0.6 is 11.6 Å². The second kappa shape index (κ2) is 4.44. The molecule has 0 N–H and O–H groups in total. The summed E-state index contributed by atoms with van der Waals surface area (Å²) in [4.78, 5) is 2.25. The summed E-state index contributed by atoms with van der Waals surface area (Å²) in [6, 6.07) is 3.85. The highest BCUT2D eigenvalue weighted by atomic mass is 35.5. The van der Waals surface area contributed by atoms with Gasteiger partial charge in [-0.05, 0) is 41.3 Å². The third-order valence-corrected chi connectivity index (χ3v) is 3.65. The largest absolute Gasteiger partial charge is 0.355 e. The molecule has 90 valence electrons. The molecular formula is C10H13ClN6. The molecule has 3 rings (SSSR count). The minimum absolute atomic E-state index is 0.643. The Morgan fingerprint density at radius 3 is 2.88 bits per heavy atom. The van der Waals surface area contributed by atoms with E-state index in [-0.39, 0.29) is 0 Å². The van der Waals surface area contributed by atoms with Gasteiger partial charge in [-0.25, -0.2) is 0 Å². The van der Waals surface area contributed by atoms with Gasteiger partial charge in [0.05, 0.1) is 0 Å². The van der Waals surface area contributed by atoms with Crippen LogP contribution in [0.2, 0.25) is 0 Å². The van der Waals surface area contributed by atoms with Gasteiger partial charge in [-0.2, -0.15) is 0 Å². The van der Waals surface area contributed by atoms with Crippen LogP contribution in [0.3, 0.4) is 0 Å². The summed E-state index contributed by atoms with van der Waals surface area (Å²) < 4.78 is 1.46. The Kier molecular flexibility index (Phi) is 2.80. The van der Waals surface area contributed by atoms with Crippen molar-refractivity contribution in [2.75, 3.05) is 23.9 Å². The molecule has 0 radical (unpaired) electrons. The maximum absolute atomic E-state index is 5.87. The maximum Gasteiger partial charge on any atom is 0.200 e. The molecule has 7 heteroatoms. The van der Waals surface area contributed by atoms with Crippen molar-refractivity contribution in [3.05, 3.63) is 12.1 Å². The number of halogens is 1. The number of tetrazole rings is 1. The molecule has 3 heterocycles.